The summed E-state index contributed by atoms with van der Waals surface area (Å²) in [4.78, 5) is 4.79. The van der Waals surface area contributed by atoms with Gasteiger partial charge in [0.1, 0.15) is 17.6 Å². The molecule has 2 N–H and O–H groups in total. The van der Waals surface area contributed by atoms with Gasteiger partial charge in [-0.15, -0.1) is 0 Å². The molecule has 3 aliphatic heterocycles. The maximum absolute atomic E-state index is 5.94. The van der Waals surface area contributed by atoms with E-state index in [4.69, 9.17) is 19.2 Å². The van der Waals surface area contributed by atoms with E-state index in [1.54, 1.807) is 7.11 Å². The van der Waals surface area contributed by atoms with Gasteiger partial charge >= 0.3 is 0 Å². The van der Waals surface area contributed by atoms with Crippen molar-refractivity contribution in [2.75, 3.05) is 13.7 Å². The van der Waals surface area contributed by atoms with Gasteiger partial charge in [-0.2, -0.15) is 0 Å². The predicted molar refractivity (Wildman–Crippen MR) is 101 cm³/mol. The van der Waals surface area contributed by atoms with Crippen LogP contribution in [0.15, 0.2) is 17.1 Å². The zero-order valence-electron chi connectivity index (χ0n) is 15.9. The van der Waals surface area contributed by atoms with Crippen LogP contribution < -0.4 is 20.1 Å². The minimum Gasteiger partial charge on any atom is -0.496 e. The largest absolute Gasteiger partial charge is 0.496 e. The molecular weight excluding hydrogens is 330 g/mol. The number of hydrogen-bond acceptors (Lipinski definition) is 4. The fraction of sp³-hybridized carbons (Fsp3) is 0.650. The maximum Gasteiger partial charge on any atom is 0.191 e. The van der Waals surface area contributed by atoms with Crippen molar-refractivity contribution >= 4 is 5.96 Å². The number of methoxy groups -OCH3 is 1. The first-order valence-electron chi connectivity index (χ1n) is 9.73. The summed E-state index contributed by atoms with van der Waals surface area (Å²) in [6, 6.07) is 4.52. The van der Waals surface area contributed by atoms with Crippen molar-refractivity contribution in [1.82, 2.24) is 10.6 Å². The van der Waals surface area contributed by atoms with Crippen molar-refractivity contribution < 1.29 is 14.2 Å². The molecule has 6 nitrogen and oxygen atoms in total. The molecular formula is C20H29N3O3. The minimum atomic E-state index is 0.227. The Hall–Kier alpha value is -1.95. The van der Waals surface area contributed by atoms with Gasteiger partial charge < -0.3 is 24.8 Å². The number of aliphatic imine (C=N–C) groups is 1. The van der Waals surface area contributed by atoms with E-state index in [-0.39, 0.29) is 6.10 Å². The normalized spacial score (nSPS) is 29.4. The topological polar surface area (TPSA) is 64.1 Å². The second-order valence-electron chi connectivity index (χ2n) is 7.46. The van der Waals surface area contributed by atoms with Crippen molar-refractivity contribution in [3.8, 4) is 11.5 Å². The molecule has 142 valence electrons. The molecule has 1 aromatic carbocycles. The lowest BCUT2D eigenvalue weighted by molar-refractivity contribution is 0.0992. The molecule has 0 saturated carbocycles. The summed E-state index contributed by atoms with van der Waals surface area (Å²) in [7, 11) is 1.71. The number of nitrogens with one attached hydrogen (secondary N) is 2. The minimum absolute atomic E-state index is 0.227. The lowest BCUT2D eigenvalue weighted by Gasteiger charge is -2.22. The van der Waals surface area contributed by atoms with Crippen molar-refractivity contribution in [2.24, 2.45) is 4.99 Å². The zero-order chi connectivity index (χ0) is 18.1. The van der Waals surface area contributed by atoms with Gasteiger partial charge in [0, 0.05) is 24.1 Å². The Kier molecular flexibility index (Phi) is 4.94. The second kappa shape index (κ2) is 7.35. The SMILES string of the molecule is CCNC(=NCc1cc2c(cc1OC)CC(C)O2)NC1CC2CCC1O2. The van der Waals surface area contributed by atoms with Crippen molar-refractivity contribution in [2.45, 2.75) is 70.4 Å². The third kappa shape index (κ3) is 3.47. The molecule has 2 saturated heterocycles. The van der Waals surface area contributed by atoms with Crippen molar-refractivity contribution in [3.63, 3.8) is 0 Å². The Bertz CT molecular complexity index is 691. The summed E-state index contributed by atoms with van der Waals surface area (Å²) in [6.07, 6.45) is 5.33. The molecule has 4 unspecified atom stereocenters. The first-order valence-corrected chi connectivity index (χ1v) is 9.73. The summed E-state index contributed by atoms with van der Waals surface area (Å²) in [5.41, 5.74) is 2.26. The maximum atomic E-state index is 5.94. The van der Waals surface area contributed by atoms with Crippen LogP contribution in [0.5, 0.6) is 11.5 Å². The number of benzene rings is 1. The number of guanidine groups is 1. The molecule has 6 heteroatoms. The second-order valence-corrected chi connectivity index (χ2v) is 7.46. The summed E-state index contributed by atoms with van der Waals surface area (Å²) in [5.74, 6) is 2.68. The molecule has 3 heterocycles. The molecule has 1 aromatic rings. The third-order valence-electron chi connectivity index (χ3n) is 5.48. The van der Waals surface area contributed by atoms with E-state index in [2.05, 4.69) is 36.6 Å². The van der Waals surface area contributed by atoms with Crippen LogP contribution in [0.2, 0.25) is 0 Å². The predicted octanol–water partition coefficient (Wildman–Crippen LogP) is 2.39. The number of rotatable bonds is 5. The van der Waals surface area contributed by atoms with Gasteiger partial charge in [-0.05, 0) is 45.2 Å². The van der Waals surface area contributed by atoms with E-state index < -0.39 is 0 Å². The summed E-state index contributed by atoms with van der Waals surface area (Å²) in [5, 5.41) is 6.90. The Morgan fingerprint density at radius 3 is 2.92 bits per heavy atom. The number of nitrogens with zero attached hydrogens (tertiary/aromatic N) is 1. The highest BCUT2D eigenvalue weighted by atomic mass is 16.5. The molecule has 4 rings (SSSR count). The number of hydrogen-bond donors (Lipinski definition) is 2. The average molecular weight is 359 g/mol. The molecule has 0 aliphatic carbocycles. The molecule has 2 fully saturated rings. The Balaban J connectivity index is 1.48. The quantitative estimate of drug-likeness (QED) is 0.624. The molecule has 0 aromatic heterocycles. The summed E-state index contributed by atoms with van der Waals surface area (Å²) in [6.45, 7) is 5.55. The number of fused-ring (bicyclic) bond motifs is 3. The van der Waals surface area contributed by atoms with E-state index in [0.717, 1.165) is 48.8 Å². The molecule has 4 atom stereocenters. The van der Waals surface area contributed by atoms with Crippen molar-refractivity contribution in [1.29, 1.82) is 0 Å². The van der Waals surface area contributed by atoms with Crippen LogP contribution >= 0.6 is 0 Å². The summed E-state index contributed by atoms with van der Waals surface area (Å²) >= 11 is 0. The highest BCUT2D eigenvalue weighted by Crippen LogP contribution is 2.36. The van der Waals surface area contributed by atoms with E-state index >= 15 is 0 Å². The lowest BCUT2D eigenvalue weighted by atomic mass is 9.96. The van der Waals surface area contributed by atoms with Gasteiger partial charge in [-0.3, -0.25) is 0 Å². The van der Waals surface area contributed by atoms with Gasteiger partial charge in [0.2, 0.25) is 0 Å². The molecule has 0 spiro atoms. The molecule has 0 amide bonds. The first kappa shape index (κ1) is 17.5. The van der Waals surface area contributed by atoms with E-state index in [0.29, 0.717) is 24.8 Å². The monoisotopic (exact) mass is 359 g/mol. The Morgan fingerprint density at radius 1 is 1.35 bits per heavy atom. The van der Waals surface area contributed by atoms with Gasteiger partial charge in [0.05, 0.1) is 31.9 Å². The highest BCUT2D eigenvalue weighted by molar-refractivity contribution is 5.80. The Labute approximate surface area is 155 Å². The third-order valence-corrected chi connectivity index (χ3v) is 5.48. The summed E-state index contributed by atoms with van der Waals surface area (Å²) < 4.78 is 17.4. The standard InChI is InChI=1S/C20H29N3O3/c1-4-21-20(23-16-10-15-5-6-17(16)26-15)22-11-14-9-19-13(7-12(2)25-19)8-18(14)24-3/h8-9,12,15-17H,4-7,10-11H2,1-3H3,(H2,21,22,23). The van der Waals surface area contributed by atoms with Crippen molar-refractivity contribution in [3.05, 3.63) is 23.3 Å². The van der Waals surface area contributed by atoms with Crippen LogP contribution in [0.25, 0.3) is 0 Å². The smallest absolute Gasteiger partial charge is 0.191 e. The van der Waals surface area contributed by atoms with Crippen LogP contribution in [-0.4, -0.2) is 44.0 Å². The fourth-order valence-electron chi connectivity index (χ4n) is 4.24. The lowest BCUT2D eigenvalue weighted by Crippen LogP contribution is -2.47. The van der Waals surface area contributed by atoms with E-state index in [1.807, 2.05) is 0 Å². The van der Waals surface area contributed by atoms with Crippen LogP contribution in [0, 0.1) is 0 Å². The molecule has 2 bridgehead atoms. The van der Waals surface area contributed by atoms with E-state index in [9.17, 15) is 0 Å². The average Bonchev–Trinajstić information content (AvgIpc) is 3.33. The Morgan fingerprint density at radius 2 is 2.23 bits per heavy atom. The molecule has 26 heavy (non-hydrogen) atoms. The zero-order valence-corrected chi connectivity index (χ0v) is 15.9. The van der Waals surface area contributed by atoms with Crippen LogP contribution in [0.3, 0.4) is 0 Å². The van der Waals surface area contributed by atoms with Gasteiger partial charge in [-0.25, -0.2) is 4.99 Å². The van der Waals surface area contributed by atoms with Crippen LogP contribution in [0.4, 0.5) is 0 Å². The van der Waals surface area contributed by atoms with Gasteiger partial charge in [0.25, 0.3) is 0 Å². The van der Waals surface area contributed by atoms with Gasteiger partial charge in [0.15, 0.2) is 5.96 Å². The number of ether oxygens (including phenoxy) is 3. The molecule has 0 radical (unpaired) electrons. The molecule has 3 aliphatic rings. The highest BCUT2D eigenvalue weighted by Gasteiger charge is 2.41. The fourth-order valence-corrected chi connectivity index (χ4v) is 4.24. The first-order chi connectivity index (χ1) is 12.7. The van der Waals surface area contributed by atoms with E-state index in [1.165, 1.54) is 12.0 Å². The van der Waals surface area contributed by atoms with Crippen LogP contribution in [-0.2, 0) is 17.7 Å². The van der Waals surface area contributed by atoms with Gasteiger partial charge in [-0.1, -0.05) is 0 Å². The van der Waals surface area contributed by atoms with Crippen LogP contribution in [0.1, 0.15) is 44.2 Å².